The lowest BCUT2D eigenvalue weighted by molar-refractivity contribution is -0.150. The van der Waals surface area contributed by atoms with E-state index in [1.54, 1.807) is 0 Å². The second kappa shape index (κ2) is 9.29. The number of amides is 1. The minimum Gasteiger partial charge on any atom is -0.454 e. The van der Waals surface area contributed by atoms with Crippen LogP contribution in [0.4, 0.5) is 5.69 Å². The monoisotopic (exact) mass is 398 g/mol. The second-order valence-electron chi connectivity index (χ2n) is 6.93. The van der Waals surface area contributed by atoms with Gasteiger partial charge >= 0.3 is 5.97 Å². The van der Waals surface area contributed by atoms with Crippen molar-refractivity contribution < 1.29 is 27.5 Å². The minimum absolute atomic E-state index is 0.188. The fraction of sp³-hybridized carbons (Fsp3) is 0.556. The van der Waals surface area contributed by atoms with Gasteiger partial charge in [0.2, 0.25) is 10.0 Å². The molecule has 1 N–H and O–H groups in total. The molecular weight excluding hydrogens is 372 g/mol. The molecule has 0 saturated carbocycles. The Hall–Kier alpha value is -1.97. The number of rotatable bonds is 7. The molecule has 1 heterocycles. The average Bonchev–Trinajstić information content (AvgIpc) is 2.60. The average molecular weight is 398 g/mol. The molecule has 1 aliphatic rings. The van der Waals surface area contributed by atoms with Gasteiger partial charge in [0.25, 0.3) is 5.91 Å². The molecule has 1 saturated heterocycles. The predicted octanol–water partition coefficient (Wildman–Crippen LogP) is 1.48. The van der Waals surface area contributed by atoms with Crippen LogP contribution in [0, 0.1) is 11.8 Å². The van der Waals surface area contributed by atoms with E-state index < -0.39 is 28.5 Å². The van der Waals surface area contributed by atoms with Crippen LogP contribution in [-0.2, 0) is 29.1 Å². The van der Waals surface area contributed by atoms with Gasteiger partial charge in [-0.3, -0.25) is 4.79 Å². The summed E-state index contributed by atoms with van der Waals surface area (Å²) in [7, 11) is -2.21. The number of carbonyl (C=O) groups is 2. The molecule has 0 aromatic heterocycles. The van der Waals surface area contributed by atoms with E-state index in [0.29, 0.717) is 30.6 Å². The summed E-state index contributed by atoms with van der Waals surface area (Å²) in [6.45, 7) is 4.46. The van der Waals surface area contributed by atoms with Gasteiger partial charge in [0.05, 0.1) is 4.90 Å². The highest BCUT2D eigenvalue weighted by Gasteiger charge is 2.31. The molecule has 0 aliphatic carbocycles. The summed E-state index contributed by atoms with van der Waals surface area (Å²) < 4.78 is 36.5. The molecule has 1 aliphatic heterocycles. The summed E-state index contributed by atoms with van der Waals surface area (Å²) in [5.41, 5.74) is 0.419. The van der Waals surface area contributed by atoms with E-state index in [1.807, 2.05) is 0 Å². The first-order valence-corrected chi connectivity index (χ1v) is 10.2. The van der Waals surface area contributed by atoms with Crippen LogP contribution in [0.25, 0.3) is 0 Å². The number of esters is 1. The standard InChI is InChI=1S/C18H26N2O6S/c1-13-8-14(2)10-20(9-13)27(23,24)16-6-4-15(5-7-16)19-17(21)11-26-18(22)12-25-3/h4-7,13-14H,8-12H2,1-3H3,(H,19,21)/t13-,14+. The number of piperidine rings is 1. The van der Waals surface area contributed by atoms with Crippen molar-refractivity contribution in [3.63, 3.8) is 0 Å². The first kappa shape index (κ1) is 21.3. The van der Waals surface area contributed by atoms with Crippen LogP contribution < -0.4 is 5.32 Å². The Balaban J connectivity index is 1.97. The van der Waals surface area contributed by atoms with Crippen LogP contribution in [0.2, 0.25) is 0 Å². The highest BCUT2D eigenvalue weighted by molar-refractivity contribution is 7.89. The topological polar surface area (TPSA) is 102 Å². The third kappa shape index (κ3) is 6.02. The van der Waals surface area contributed by atoms with E-state index in [4.69, 9.17) is 4.74 Å². The van der Waals surface area contributed by atoms with Crippen molar-refractivity contribution in [3.8, 4) is 0 Å². The lowest BCUT2D eigenvalue weighted by atomic mass is 9.94. The van der Waals surface area contributed by atoms with Gasteiger partial charge in [-0.05, 0) is 42.5 Å². The molecule has 1 fully saturated rings. The number of benzene rings is 1. The van der Waals surface area contributed by atoms with Crippen LogP contribution in [0.1, 0.15) is 20.3 Å². The molecular formula is C18H26N2O6S. The molecule has 0 spiro atoms. The zero-order chi connectivity index (χ0) is 20.0. The normalized spacial score (nSPS) is 20.9. The van der Waals surface area contributed by atoms with E-state index in [9.17, 15) is 18.0 Å². The van der Waals surface area contributed by atoms with Crippen molar-refractivity contribution in [2.75, 3.05) is 38.7 Å². The Morgan fingerprint density at radius 2 is 1.70 bits per heavy atom. The summed E-state index contributed by atoms with van der Waals surface area (Å²) >= 11 is 0. The van der Waals surface area contributed by atoms with Gasteiger partial charge < -0.3 is 14.8 Å². The second-order valence-corrected chi connectivity index (χ2v) is 8.87. The maximum atomic E-state index is 12.8. The first-order valence-electron chi connectivity index (χ1n) is 8.77. The van der Waals surface area contributed by atoms with Gasteiger partial charge in [0.1, 0.15) is 6.61 Å². The minimum atomic E-state index is -3.56. The van der Waals surface area contributed by atoms with Crippen LogP contribution in [0.5, 0.6) is 0 Å². The molecule has 150 valence electrons. The zero-order valence-corrected chi connectivity index (χ0v) is 16.6. The van der Waals surface area contributed by atoms with Gasteiger partial charge in [-0.15, -0.1) is 0 Å². The lowest BCUT2D eigenvalue weighted by Gasteiger charge is -2.34. The molecule has 1 aromatic rings. The largest absolute Gasteiger partial charge is 0.454 e. The molecule has 0 bridgehead atoms. The molecule has 1 aromatic carbocycles. The number of carbonyl (C=O) groups excluding carboxylic acids is 2. The molecule has 0 radical (unpaired) electrons. The Morgan fingerprint density at radius 3 is 2.26 bits per heavy atom. The summed E-state index contributed by atoms with van der Waals surface area (Å²) in [6, 6.07) is 5.95. The maximum absolute atomic E-state index is 12.8. The van der Waals surface area contributed by atoms with E-state index >= 15 is 0 Å². The maximum Gasteiger partial charge on any atom is 0.332 e. The van der Waals surface area contributed by atoms with Crippen molar-refractivity contribution in [2.45, 2.75) is 25.2 Å². The first-order chi connectivity index (χ1) is 12.7. The third-order valence-corrected chi connectivity index (χ3v) is 6.08. The predicted molar refractivity (Wildman–Crippen MR) is 99.6 cm³/mol. The number of hydrogen-bond acceptors (Lipinski definition) is 6. The van der Waals surface area contributed by atoms with Gasteiger partial charge in [-0.25, -0.2) is 13.2 Å². The van der Waals surface area contributed by atoms with Gasteiger partial charge in [0.15, 0.2) is 6.61 Å². The molecule has 1 amide bonds. The summed E-state index contributed by atoms with van der Waals surface area (Å²) in [6.07, 6.45) is 1.02. The number of nitrogens with zero attached hydrogens (tertiary/aromatic N) is 1. The van der Waals surface area contributed by atoms with E-state index in [2.05, 4.69) is 23.9 Å². The third-order valence-electron chi connectivity index (χ3n) is 4.24. The Labute approximate surface area is 159 Å². The number of methoxy groups -OCH3 is 1. The van der Waals surface area contributed by atoms with Crippen molar-refractivity contribution in [1.82, 2.24) is 4.31 Å². The van der Waals surface area contributed by atoms with Crippen LogP contribution in [-0.4, -0.2) is 58.0 Å². The molecule has 0 unspecified atom stereocenters. The van der Waals surface area contributed by atoms with E-state index in [1.165, 1.54) is 35.7 Å². The molecule has 8 nitrogen and oxygen atoms in total. The fourth-order valence-corrected chi connectivity index (χ4v) is 4.84. The smallest absolute Gasteiger partial charge is 0.332 e. The summed E-state index contributed by atoms with van der Waals surface area (Å²) in [4.78, 5) is 23.1. The Bertz CT molecular complexity index is 753. The van der Waals surface area contributed by atoms with E-state index in [0.717, 1.165) is 6.42 Å². The Morgan fingerprint density at radius 1 is 1.11 bits per heavy atom. The van der Waals surface area contributed by atoms with Crippen molar-refractivity contribution in [3.05, 3.63) is 24.3 Å². The number of hydrogen-bond donors (Lipinski definition) is 1. The number of ether oxygens (including phenoxy) is 2. The Kier molecular flexibility index (Phi) is 7.34. The van der Waals surface area contributed by atoms with E-state index in [-0.39, 0.29) is 11.5 Å². The number of nitrogens with one attached hydrogen (secondary N) is 1. The molecule has 2 rings (SSSR count). The fourth-order valence-electron chi connectivity index (χ4n) is 3.16. The SMILES string of the molecule is COCC(=O)OCC(=O)Nc1ccc(S(=O)(=O)N2C[C@H](C)C[C@H](C)C2)cc1. The zero-order valence-electron chi connectivity index (χ0n) is 15.8. The van der Waals surface area contributed by atoms with Gasteiger partial charge in [0, 0.05) is 25.9 Å². The quantitative estimate of drug-likeness (QED) is 0.698. The van der Waals surface area contributed by atoms with Crippen LogP contribution in [0.3, 0.4) is 0 Å². The van der Waals surface area contributed by atoms with Gasteiger partial charge in [-0.2, -0.15) is 4.31 Å². The molecule has 2 atom stereocenters. The highest BCUT2D eigenvalue weighted by atomic mass is 32.2. The molecule has 27 heavy (non-hydrogen) atoms. The van der Waals surface area contributed by atoms with Crippen molar-refractivity contribution in [2.24, 2.45) is 11.8 Å². The molecule has 9 heteroatoms. The number of sulfonamides is 1. The number of anilines is 1. The van der Waals surface area contributed by atoms with Crippen molar-refractivity contribution >= 4 is 27.6 Å². The van der Waals surface area contributed by atoms with Crippen LogP contribution in [0.15, 0.2) is 29.2 Å². The summed E-state index contributed by atoms with van der Waals surface area (Å²) in [5.74, 6) is -0.515. The van der Waals surface area contributed by atoms with Gasteiger partial charge in [-0.1, -0.05) is 13.8 Å². The highest BCUT2D eigenvalue weighted by Crippen LogP contribution is 2.27. The lowest BCUT2D eigenvalue weighted by Crippen LogP contribution is -2.42. The summed E-state index contributed by atoms with van der Waals surface area (Å²) in [5, 5.41) is 2.55. The van der Waals surface area contributed by atoms with Crippen molar-refractivity contribution in [1.29, 1.82) is 0 Å². The van der Waals surface area contributed by atoms with Crippen LogP contribution >= 0.6 is 0 Å².